The molecule has 51 heavy (non-hydrogen) atoms. The summed E-state index contributed by atoms with van der Waals surface area (Å²) in [4.78, 5) is 5.56. The van der Waals surface area contributed by atoms with Crippen molar-refractivity contribution in [2.75, 3.05) is 0 Å². The van der Waals surface area contributed by atoms with Crippen LogP contribution < -0.4 is 20.4 Å². The van der Waals surface area contributed by atoms with E-state index in [0.717, 1.165) is 52.8 Å². The summed E-state index contributed by atoms with van der Waals surface area (Å²) >= 11 is 1.89. The largest absolute Gasteiger partial charge is 0.309 e. The van der Waals surface area contributed by atoms with Crippen LogP contribution in [0.2, 0.25) is 0 Å². The molecule has 0 radical (unpaired) electrons. The van der Waals surface area contributed by atoms with Gasteiger partial charge < -0.3 is 4.57 Å². The van der Waals surface area contributed by atoms with Crippen LogP contribution in [0.4, 0.5) is 0 Å². The van der Waals surface area contributed by atoms with Gasteiger partial charge in [0, 0.05) is 31.5 Å². The maximum atomic E-state index is 15.0. The van der Waals surface area contributed by atoms with Gasteiger partial charge in [-0.1, -0.05) is 146 Å². The predicted molar refractivity (Wildman–Crippen MR) is 220 cm³/mol. The molecular weight excluding hydrogens is 658 g/mol. The standard InChI is InChI=1S/C47H34NOPS/c49-50(34-14-3-1-4-15-34,35-16-5-2-6-17-35)36-26-23-31(24-27-36)32-25-28-40-43(30-32)48-46(47-45(40)41-21-11-12-22-44(41)51-47)42-29-33-13-7-8-18-37(33)38-19-9-10-20-39(38)42/h1-10,13-23,25-26,28-30H,11-12,24,27H2. The molecule has 6 aromatic carbocycles. The van der Waals surface area contributed by atoms with Crippen molar-refractivity contribution in [2.45, 2.75) is 25.7 Å². The van der Waals surface area contributed by atoms with Crippen LogP contribution >= 0.6 is 18.5 Å². The molecular formula is C47H34NOPS. The number of allylic oxidation sites excluding steroid dienone is 4. The molecule has 0 unspecified atom stereocenters. The van der Waals surface area contributed by atoms with Crippen molar-refractivity contribution in [2.24, 2.45) is 0 Å². The minimum Gasteiger partial charge on any atom is -0.309 e. The first-order valence-corrected chi connectivity index (χ1v) is 20.3. The lowest BCUT2D eigenvalue weighted by atomic mass is 9.93. The molecule has 0 aliphatic heterocycles. The molecule has 0 atom stereocenters. The molecule has 0 fully saturated rings. The van der Waals surface area contributed by atoms with Crippen molar-refractivity contribution in [3.63, 3.8) is 0 Å². The van der Waals surface area contributed by atoms with Gasteiger partial charge >= 0.3 is 0 Å². The predicted octanol–water partition coefficient (Wildman–Crippen LogP) is 10.9. The van der Waals surface area contributed by atoms with Gasteiger partial charge in [-0.3, -0.25) is 0 Å². The Morgan fingerprint density at radius 1 is 0.608 bits per heavy atom. The van der Waals surface area contributed by atoms with Crippen molar-refractivity contribution in [3.05, 3.63) is 166 Å². The molecule has 0 saturated heterocycles. The molecule has 4 heteroatoms. The fourth-order valence-corrected chi connectivity index (χ4v) is 12.4. The Hall–Kier alpha value is -5.34. The van der Waals surface area contributed by atoms with Gasteiger partial charge in [-0.15, -0.1) is 11.3 Å². The summed E-state index contributed by atoms with van der Waals surface area (Å²) in [5.41, 5.74) is 5.68. The Kier molecular flexibility index (Phi) is 7.27. The van der Waals surface area contributed by atoms with Gasteiger partial charge in [0.25, 0.3) is 0 Å². The first-order chi connectivity index (χ1) is 25.2. The highest BCUT2D eigenvalue weighted by molar-refractivity contribution is 7.82. The lowest BCUT2D eigenvalue weighted by Gasteiger charge is -2.25. The van der Waals surface area contributed by atoms with Gasteiger partial charge in [0.05, 0.1) is 15.9 Å². The van der Waals surface area contributed by atoms with E-state index in [1.807, 2.05) is 72.0 Å². The van der Waals surface area contributed by atoms with Crippen LogP contribution in [0.15, 0.2) is 151 Å². The highest BCUT2D eigenvalue weighted by atomic mass is 32.1. The van der Waals surface area contributed by atoms with Gasteiger partial charge in [-0.2, -0.15) is 0 Å². The molecule has 2 aromatic heterocycles. The number of fused-ring (bicyclic) bond motifs is 8. The molecule has 2 aliphatic carbocycles. The Balaban J connectivity index is 1.17. The van der Waals surface area contributed by atoms with E-state index in [0.29, 0.717) is 0 Å². The Morgan fingerprint density at radius 3 is 2.04 bits per heavy atom. The maximum absolute atomic E-state index is 15.0. The fraction of sp³-hybridized carbons (Fsp3) is 0.0851. The molecule has 0 amide bonds. The lowest BCUT2D eigenvalue weighted by molar-refractivity contribution is 0.589. The van der Waals surface area contributed by atoms with E-state index >= 15 is 4.57 Å². The molecule has 0 bridgehead atoms. The molecule has 2 nitrogen and oxygen atoms in total. The summed E-state index contributed by atoms with van der Waals surface area (Å²) in [6.45, 7) is 0. The normalized spacial score (nSPS) is 14.6. The Bertz CT molecular complexity index is 2890. The van der Waals surface area contributed by atoms with Crippen LogP contribution in [0, 0.1) is 0 Å². The fourth-order valence-electron chi connectivity index (χ4n) is 8.22. The molecule has 8 aromatic rings. The van der Waals surface area contributed by atoms with Gasteiger partial charge in [0.2, 0.25) is 0 Å². The topological polar surface area (TPSA) is 30.0 Å². The third kappa shape index (κ3) is 4.91. The average Bonchev–Trinajstić information content (AvgIpc) is 3.60. The summed E-state index contributed by atoms with van der Waals surface area (Å²) in [5, 5.41) is 11.7. The van der Waals surface area contributed by atoms with Crippen LogP contribution in [0.25, 0.3) is 71.5 Å². The highest BCUT2D eigenvalue weighted by Crippen LogP contribution is 2.55. The second kappa shape index (κ2) is 12.2. The molecule has 0 spiro atoms. The van der Waals surface area contributed by atoms with E-state index in [-0.39, 0.29) is 0 Å². The number of pyridine rings is 1. The summed E-state index contributed by atoms with van der Waals surface area (Å²) < 4.78 is 17.7. The highest BCUT2D eigenvalue weighted by Gasteiger charge is 2.32. The third-order valence-corrected chi connectivity index (χ3v) is 15.1. The zero-order chi connectivity index (χ0) is 33.9. The number of benzene rings is 6. The number of thiophene rings is 1. The van der Waals surface area contributed by atoms with Gasteiger partial charge in [0.15, 0.2) is 7.14 Å². The molecule has 2 aliphatic rings. The van der Waals surface area contributed by atoms with Crippen LogP contribution in [-0.2, 0) is 4.57 Å². The van der Waals surface area contributed by atoms with Crippen LogP contribution in [0.1, 0.15) is 31.2 Å². The van der Waals surface area contributed by atoms with Gasteiger partial charge in [-0.05, 0) is 81.0 Å². The first kappa shape index (κ1) is 30.5. The number of hydrogen-bond donors (Lipinski definition) is 0. The molecule has 244 valence electrons. The van der Waals surface area contributed by atoms with Crippen LogP contribution in [0.5, 0.6) is 0 Å². The lowest BCUT2D eigenvalue weighted by Crippen LogP contribution is -2.20. The van der Waals surface area contributed by atoms with Crippen molar-refractivity contribution in [1.29, 1.82) is 0 Å². The van der Waals surface area contributed by atoms with E-state index in [9.17, 15) is 0 Å². The zero-order valence-electron chi connectivity index (χ0n) is 28.1. The second-order valence-electron chi connectivity index (χ2n) is 13.6. The van der Waals surface area contributed by atoms with Crippen molar-refractivity contribution in [1.82, 2.24) is 4.98 Å². The maximum Gasteiger partial charge on any atom is 0.167 e. The van der Waals surface area contributed by atoms with Crippen molar-refractivity contribution < 1.29 is 4.57 Å². The van der Waals surface area contributed by atoms with E-state index < -0.39 is 7.14 Å². The number of nitrogens with zero attached hydrogens (tertiary/aromatic N) is 1. The molecule has 0 saturated carbocycles. The second-order valence-corrected chi connectivity index (χ2v) is 17.5. The molecule has 0 N–H and O–H groups in total. The van der Waals surface area contributed by atoms with E-state index in [4.69, 9.17) is 4.98 Å². The van der Waals surface area contributed by atoms with Crippen molar-refractivity contribution >= 4 is 89.3 Å². The van der Waals surface area contributed by atoms with Gasteiger partial charge in [0.1, 0.15) is 0 Å². The minimum atomic E-state index is -2.97. The molecule has 10 rings (SSSR count). The number of rotatable bonds is 5. The Morgan fingerprint density at radius 2 is 1.29 bits per heavy atom. The SMILES string of the molecule is O=P(C1=CC=C(c2ccc3c(c2)nc(-c2cc4ccccc4c4ccccc24)c2sc4c(c23)=CCCC=4)CC1)(c1ccccc1)c1ccccc1. The zero-order valence-corrected chi connectivity index (χ0v) is 29.8. The summed E-state index contributed by atoms with van der Waals surface area (Å²) in [6, 6.07) is 46.6. The van der Waals surface area contributed by atoms with Crippen molar-refractivity contribution in [3.8, 4) is 11.3 Å². The monoisotopic (exact) mass is 691 g/mol. The first-order valence-electron chi connectivity index (χ1n) is 17.8. The smallest absolute Gasteiger partial charge is 0.167 e. The number of hydrogen-bond acceptors (Lipinski definition) is 3. The third-order valence-electron chi connectivity index (χ3n) is 10.7. The van der Waals surface area contributed by atoms with E-state index in [1.54, 1.807) is 0 Å². The average molecular weight is 692 g/mol. The van der Waals surface area contributed by atoms with Gasteiger partial charge in [-0.25, -0.2) is 4.98 Å². The summed E-state index contributed by atoms with van der Waals surface area (Å²) in [6.07, 6.45) is 12.9. The molecule has 2 heterocycles. The minimum absolute atomic E-state index is 0.745. The summed E-state index contributed by atoms with van der Waals surface area (Å²) in [7, 11) is -2.97. The quantitative estimate of drug-likeness (QED) is 0.133. The summed E-state index contributed by atoms with van der Waals surface area (Å²) in [5.74, 6) is 0. The van der Waals surface area contributed by atoms with E-state index in [1.165, 1.54) is 63.5 Å². The van der Waals surface area contributed by atoms with Crippen LogP contribution in [-0.4, -0.2) is 4.98 Å². The van der Waals surface area contributed by atoms with Crippen LogP contribution in [0.3, 0.4) is 0 Å². The number of aromatic nitrogens is 1. The Labute approximate surface area is 300 Å². The van der Waals surface area contributed by atoms with E-state index in [2.05, 4.69) is 97.1 Å².